The normalized spacial score (nSPS) is 11.6. The first kappa shape index (κ1) is 25.8. The fraction of sp³-hybridized carbons (Fsp3) is 0.789. The van der Waals surface area contributed by atoms with Crippen LogP contribution in [-0.4, -0.2) is 45.2 Å². The third kappa shape index (κ3) is 16.0. The Morgan fingerprint density at radius 2 is 1.11 bits per heavy atom. The van der Waals surface area contributed by atoms with E-state index in [0.29, 0.717) is 6.42 Å². The van der Waals surface area contributed by atoms with Crippen molar-refractivity contribution in [2.24, 2.45) is 0 Å². The molecule has 0 radical (unpaired) electrons. The molecular weight excluding hydrogens is 368 g/mol. The average Bonchev–Trinajstić information content (AvgIpc) is 2.65. The maximum Gasteiger partial charge on any atom is 0.326 e. The zero-order chi connectivity index (χ0) is 21.2. The highest BCUT2D eigenvalue weighted by Gasteiger charge is 2.20. The molecule has 9 nitrogen and oxygen atoms in total. The fourth-order valence-corrected chi connectivity index (χ4v) is 2.83. The molecule has 0 aromatic heterocycles. The Bertz CT molecular complexity index is 483. The van der Waals surface area contributed by atoms with E-state index in [2.05, 4.69) is 5.32 Å². The molecule has 0 spiro atoms. The van der Waals surface area contributed by atoms with Crippen LogP contribution in [0.3, 0.4) is 0 Å². The molecule has 2 amide bonds. The minimum Gasteiger partial charge on any atom is -0.481 e. The largest absolute Gasteiger partial charge is 0.481 e. The number of hydrogen-bond donors (Lipinski definition) is 5. The van der Waals surface area contributed by atoms with Crippen LogP contribution in [0.4, 0.5) is 0 Å². The topological polar surface area (TPSA) is 153 Å². The minimum absolute atomic E-state index is 0.0796. The molecule has 0 heterocycles. The monoisotopic (exact) mass is 402 g/mol. The highest BCUT2D eigenvalue weighted by Crippen LogP contribution is 2.12. The minimum atomic E-state index is -1.21. The number of aliphatic carboxylic acids is 2. The van der Waals surface area contributed by atoms with Crippen LogP contribution in [0.1, 0.15) is 89.9 Å². The quantitative estimate of drug-likeness (QED) is 0.134. The molecule has 28 heavy (non-hydrogen) atoms. The summed E-state index contributed by atoms with van der Waals surface area (Å²) < 4.78 is 0. The fourth-order valence-electron chi connectivity index (χ4n) is 2.83. The molecule has 0 rings (SSSR count). The van der Waals surface area contributed by atoms with Crippen molar-refractivity contribution in [3.05, 3.63) is 0 Å². The number of hydrogen-bond acceptors (Lipinski definition) is 5. The molecule has 0 aliphatic carbocycles. The van der Waals surface area contributed by atoms with Gasteiger partial charge in [0.1, 0.15) is 6.04 Å². The molecule has 0 aliphatic heterocycles. The summed E-state index contributed by atoms with van der Waals surface area (Å²) in [5.41, 5.74) is 1.43. The van der Waals surface area contributed by atoms with Crippen LogP contribution >= 0.6 is 0 Å². The van der Waals surface area contributed by atoms with Crippen LogP contribution in [-0.2, 0) is 19.2 Å². The van der Waals surface area contributed by atoms with Crippen molar-refractivity contribution in [1.82, 2.24) is 10.8 Å². The molecule has 0 unspecified atom stereocenters. The molecule has 0 saturated carbocycles. The van der Waals surface area contributed by atoms with E-state index in [9.17, 15) is 19.2 Å². The maximum atomic E-state index is 11.8. The van der Waals surface area contributed by atoms with Crippen molar-refractivity contribution < 1.29 is 34.6 Å². The molecular formula is C19H34N2O7. The molecule has 162 valence electrons. The van der Waals surface area contributed by atoms with Gasteiger partial charge in [0.15, 0.2) is 0 Å². The molecule has 0 fully saturated rings. The Balaban J connectivity index is 3.61. The Kier molecular flexibility index (Phi) is 15.7. The van der Waals surface area contributed by atoms with Crippen LogP contribution in [0.2, 0.25) is 0 Å². The van der Waals surface area contributed by atoms with Crippen LogP contribution in [0.15, 0.2) is 0 Å². The third-order valence-corrected chi connectivity index (χ3v) is 4.46. The standard InChI is InChI=1S/C19H34N2O7/c22-16(20-15(19(26)27)13-14-17(23)21-28)11-9-7-5-3-1-2-4-6-8-10-12-18(24)25/h15,28H,1-14H2,(H,20,22)(H,21,23)(H,24,25)(H,26,27)/t15-/m0/s1. The number of carboxylic acids is 2. The highest BCUT2D eigenvalue weighted by molar-refractivity contribution is 5.84. The molecule has 1 atom stereocenters. The van der Waals surface area contributed by atoms with Crippen molar-refractivity contribution >= 4 is 23.8 Å². The van der Waals surface area contributed by atoms with E-state index in [-0.39, 0.29) is 31.6 Å². The number of unbranched alkanes of at least 4 members (excludes halogenated alkanes) is 9. The summed E-state index contributed by atoms with van der Waals surface area (Å²) in [7, 11) is 0. The van der Waals surface area contributed by atoms with Gasteiger partial charge in [0, 0.05) is 19.3 Å². The predicted octanol–water partition coefficient (Wildman–Crippen LogP) is 2.61. The van der Waals surface area contributed by atoms with Crippen molar-refractivity contribution in [3.63, 3.8) is 0 Å². The van der Waals surface area contributed by atoms with E-state index in [1.807, 2.05) is 0 Å². The highest BCUT2D eigenvalue weighted by atomic mass is 16.5. The van der Waals surface area contributed by atoms with Crippen molar-refractivity contribution in [2.75, 3.05) is 0 Å². The average molecular weight is 402 g/mol. The number of hydroxylamine groups is 1. The Morgan fingerprint density at radius 3 is 1.54 bits per heavy atom. The zero-order valence-corrected chi connectivity index (χ0v) is 16.5. The van der Waals surface area contributed by atoms with Crippen molar-refractivity contribution in [2.45, 2.75) is 95.9 Å². The second-order valence-electron chi connectivity index (χ2n) is 6.96. The number of carbonyl (C=O) groups is 4. The molecule has 0 aromatic carbocycles. The van der Waals surface area contributed by atoms with Crippen LogP contribution in [0.5, 0.6) is 0 Å². The smallest absolute Gasteiger partial charge is 0.326 e. The second-order valence-corrected chi connectivity index (χ2v) is 6.96. The van der Waals surface area contributed by atoms with Gasteiger partial charge in [-0.3, -0.25) is 19.6 Å². The molecule has 0 saturated heterocycles. The number of nitrogens with one attached hydrogen (secondary N) is 2. The van der Waals surface area contributed by atoms with Crippen molar-refractivity contribution in [3.8, 4) is 0 Å². The first-order valence-electron chi connectivity index (χ1n) is 10.0. The van der Waals surface area contributed by atoms with Gasteiger partial charge >= 0.3 is 11.9 Å². The number of rotatable bonds is 18. The van der Waals surface area contributed by atoms with Gasteiger partial charge in [0.05, 0.1) is 0 Å². The van der Waals surface area contributed by atoms with Gasteiger partial charge in [-0.05, 0) is 19.3 Å². The van der Waals surface area contributed by atoms with Crippen LogP contribution in [0, 0.1) is 0 Å². The summed E-state index contributed by atoms with van der Waals surface area (Å²) in [5, 5.41) is 28.4. The first-order valence-corrected chi connectivity index (χ1v) is 10.0. The number of amides is 2. The summed E-state index contributed by atoms with van der Waals surface area (Å²) in [4.78, 5) is 44.2. The van der Waals surface area contributed by atoms with Gasteiger partial charge < -0.3 is 15.5 Å². The molecule has 9 heteroatoms. The lowest BCUT2D eigenvalue weighted by molar-refractivity contribution is -0.142. The van der Waals surface area contributed by atoms with Gasteiger partial charge in [-0.25, -0.2) is 10.3 Å². The van der Waals surface area contributed by atoms with E-state index < -0.39 is 23.9 Å². The van der Waals surface area contributed by atoms with Crippen LogP contribution in [0.25, 0.3) is 0 Å². The summed E-state index contributed by atoms with van der Waals surface area (Å²) >= 11 is 0. The summed E-state index contributed by atoms with van der Waals surface area (Å²) in [6.07, 6.45) is 10.1. The summed E-state index contributed by atoms with van der Waals surface area (Å²) in [6.45, 7) is 0. The molecule has 5 N–H and O–H groups in total. The predicted molar refractivity (Wildman–Crippen MR) is 102 cm³/mol. The van der Waals surface area contributed by atoms with Gasteiger partial charge in [0.2, 0.25) is 11.8 Å². The Hall–Kier alpha value is -2.16. The lowest BCUT2D eigenvalue weighted by atomic mass is 10.0. The SMILES string of the molecule is O=C(O)CCCCCCCCCCCCC(=O)N[C@@H](CCC(=O)NO)C(=O)O. The summed E-state index contributed by atoms with van der Waals surface area (Å²) in [5.74, 6) is -2.98. The first-order chi connectivity index (χ1) is 13.4. The molecule has 0 bridgehead atoms. The second kappa shape index (κ2) is 17.0. The van der Waals surface area contributed by atoms with Crippen molar-refractivity contribution in [1.29, 1.82) is 0 Å². The van der Waals surface area contributed by atoms with Gasteiger partial charge in [-0.1, -0.05) is 51.4 Å². The van der Waals surface area contributed by atoms with Crippen LogP contribution < -0.4 is 10.8 Å². The van der Waals surface area contributed by atoms with E-state index in [1.54, 1.807) is 0 Å². The maximum absolute atomic E-state index is 11.8. The molecule has 0 aliphatic rings. The lowest BCUT2D eigenvalue weighted by Crippen LogP contribution is -2.41. The summed E-state index contributed by atoms with van der Waals surface area (Å²) in [6, 6.07) is -1.14. The van der Waals surface area contributed by atoms with Gasteiger partial charge in [0.25, 0.3) is 0 Å². The van der Waals surface area contributed by atoms with E-state index in [4.69, 9.17) is 15.4 Å². The van der Waals surface area contributed by atoms with Gasteiger partial charge in [-0.15, -0.1) is 0 Å². The Morgan fingerprint density at radius 1 is 0.643 bits per heavy atom. The number of carbonyl (C=O) groups excluding carboxylic acids is 2. The molecule has 0 aromatic rings. The van der Waals surface area contributed by atoms with E-state index in [0.717, 1.165) is 57.8 Å². The number of carboxylic acid groups (broad SMARTS) is 2. The van der Waals surface area contributed by atoms with Gasteiger partial charge in [-0.2, -0.15) is 0 Å². The lowest BCUT2D eigenvalue weighted by Gasteiger charge is -2.13. The zero-order valence-electron chi connectivity index (χ0n) is 16.5. The Labute approximate surface area is 165 Å². The third-order valence-electron chi connectivity index (χ3n) is 4.46. The van der Waals surface area contributed by atoms with E-state index in [1.165, 1.54) is 5.48 Å². The van der Waals surface area contributed by atoms with E-state index >= 15 is 0 Å².